The maximum Gasteiger partial charge on any atom is 0.217 e. The third-order valence-corrected chi connectivity index (χ3v) is 3.45. The van der Waals surface area contributed by atoms with Crippen molar-refractivity contribution in [3.63, 3.8) is 0 Å². The zero-order valence-corrected chi connectivity index (χ0v) is 8.67. The van der Waals surface area contributed by atoms with E-state index in [9.17, 15) is 4.79 Å². The Balaban J connectivity index is 1.92. The largest absolute Gasteiger partial charge is 0.316 e. The van der Waals surface area contributed by atoms with Crippen LogP contribution in [-0.2, 0) is 4.79 Å². The molecule has 0 aromatic carbocycles. The Hall–Kier alpha value is -0.410. The molecule has 2 rings (SSSR count). The summed E-state index contributed by atoms with van der Waals surface area (Å²) in [6, 6.07) is 0.0605. The van der Waals surface area contributed by atoms with Crippen LogP contribution in [0.2, 0.25) is 0 Å². The smallest absolute Gasteiger partial charge is 0.217 e. The summed E-state index contributed by atoms with van der Waals surface area (Å²) in [5.74, 6) is 0.505. The van der Waals surface area contributed by atoms with Gasteiger partial charge >= 0.3 is 0 Å². The van der Waals surface area contributed by atoms with Gasteiger partial charge in [0.25, 0.3) is 0 Å². The van der Waals surface area contributed by atoms with E-state index in [2.05, 4.69) is 16.5 Å². The monoisotopic (exact) mass is 195 g/mol. The fourth-order valence-electron chi connectivity index (χ4n) is 2.61. The zero-order chi connectivity index (χ0) is 9.80. The van der Waals surface area contributed by atoms with Gasteiger partial charge in [0.05, 0.1) is 6.04 Å². The molecule has 79 valence electrons. The molecule has 2 unspecified atom stereocenters. The number of piperidine rings is 1. The normalized spacial score (nSPS) is 31.6. The van der Waals surface area contributed by atoms with Gasteiger partial charge in [-0.05, 0) is 51.4 Å². The van der Waals surface area contributed by atoms with Crippen LogP contribution in [0.5, 0.6) is 0 Å². The highest BCUT2D eigenvalue weighted by Gasteiger charge is 2.30. The molecule has 2 atom stereocenters. The second kappa shape index (κ2) is 4.89. The van der Waals surface area contributed by atoms with Gasteiger partial charge in [-0.25, -0.2) is 0 Å². The van der Waals surface area contributed by atoms with Gasteiger partial charge in [-0.1, -0.05) is 6.42 Å². The summed E-state index contributed by atoms with van der Waals surface area (Å²) < 4.78 is 0. The first-order valence-electron chi connectivity index (χ1n) is 5.74. The summed E-state index contributed by atoms with van der Waals surface area (Å²) >= 11 is 0. The van der Waals surface area contributed by atoms with Crippen LogP contribution in [0.4, 0.5) is 0 Å². The zero-order valence-electron chi connectivity index (χ0n) is 8.67. The predicted molar refractivity (Wildman–Crippen MR) is 55.9 cm³/mol. The van der Waals surface area contributed by atoms with Crippen LogP contribution < -0.4 is 5.32 Å². The molecule has 1 radical (unpaired) electrons. The van der Waals surface area contributed by atoms with E-state index in [0.717, 1.165) is 32.6 Å². The molecule has 0 amide bonds. The summed E-state index contributed by atoms with van der Waals surface area (Å²) in [5.41, 5.74) is 0. The molecule has 0 aromatic heterocycles. The van der Waals surface area contributed by atoms with E-state index in [1.807, 2.05) is 0 Å². The Morgan fingerprint density at radius 1 is 1.29 bits per heavy atom. The van der Waals surface area contributed by atoms with Crippen molar-refractivity contribution in [2.24, 2.45) is 5.92 Å². The Morgan fingerprint density at radius 2 is 2.07 bits per heavy atom. The molecule has 0 bridgehead atoms. The molecule has 1 N–H and O–H groups in total. The standard InChI is InChI=1S/C11H19N2O/c14-9-11(10-4-5-12-8-10)13-6-2-1-3-7-13/h10-12H,1-8H2. The van der Waals surface area contributed by atoms with Crippen molar-refractivity contribution < 1.29 is 4.79 Å². The lowest BCUT2D eigenvalue weighted by molar-refractivity contribution is 0.162. The second-order valence-corrected chi connectivity index (χ2v) is 4.41. The van der Waals surface area contributed by atoms with Gasteiger partial charge in [0, 0.05) is 0 Å². The minimum absolute atomic E-state index is 0.0605. The first-order valence-corrected chi connectivity index (χ1v) is 5.74. The summed E-state index contributed by atoms with van der Waals surface area (Å²) in [6.07, 6.45) is 7.21. The van der Waals surface area contributed by atoms with Gasteiger partial charge < -0.3 is 5.32 Å². The van der Waals surface area contributed by atoms with Crippen molar-refractivity contribution >= 4 is 6.29 Å². The van der Waals surface area contributed by atoms with Gasteiger partial charge in [0.2, 0.25) is 6.29 Å². The average Bonchev–Trinajstić information content (AvgIpc) is 2.74. The van der Waals surface area contributed by atoms with Crippen molar-refractivity contribution in [1.82, 2.24) is 10.2 Å². The van der Waals surface area contributed by atoms with Gasteiger partial charge in [0.15, 0.2) is 0 Å². The first-order chi connectivity index (χ1) is 6.92. The molecule has 0 spiro atoms. The fraction of sp³-hybridized carbons (Fsp3) is 0.909. The fourth-order valence-corrected chi connectivity index (χ4v) is 2.61. The maximum atomic E-state index is 11.0. The Morgan fingerprint density at radius 3 is 2.64 bits per heavy atom. The van der Waals surface area contributed by atoms with Crippen LogP contribution in [0.15, 0.2) is 0 Å². The molecule has 14 heavy (non-hydrogen) atoms. The van der Waals surface area contributed by atoms with E-state index >= 15 is 0 Å². The van der Waals surface area contributed by atoms with Gasteiger partial charge in [-0.15, -0.1) is 0 Å². The van der Waals surface area contributed by atoms with Crippen LogP contribution in [0.3, 0.4) is 0 Å². The topological polar surface area (TPSA) is 32.3 Å². The minimum atomic E-state index is 0.0605. The lowest BCUT2D eigenvalue weighted by atomic mass is 9.96. The van der Waals surface area contributed by atoms with E-state index < -0.39 is 0 Å². The molecule has 0 aliphatic carbocycles. The van der Waals surface area contributed by atoms with Crippen molar-refractivity contribution in [2.75, 3.05) is 26.2 Å². The van der Waals surface area contributed by atoms with Crippen molar-refractivity contribution in [2.45, 2.75) is 31.7 Å². The van der Waals surface area contributed by atoms with E-state index in [1.165, 1.54) is 19.3 Å². The Bertz CT molecular complexity index is 184. The van der Waals surface area contributed by atoms with Gasteiger partial charge in [-0.2, -0.15) is 0 Å². The van der Waals surface area contributed by atoms with Crippen molar-refractivity contribution in [1.29, 1.82) is 0 Å². The highest BCUT2D eigenvalue weighted by molar-refractivity contribution is 5.59. The van der Waals surface area contributed by atoms with Crippen LogP contribution in [0, 0.1) is 5.92 Å². The van der Waals surface area contributed by atoms with Crippen molar-refractivity contribution in [3.05, 3.63) is 0 Å². The summed E-state index contributed by atoms with van der Waals surface area (Å²) in [7, 11) is 0. The molecule has 2 heterocycles. The third kappa shape index (κ3) is 2.15. The predicted octanol–water partition coefficient (Wildman–Crippen LogP) is 0.560. The number of likely N-dealkylation sites (tertiary alicyclic amines) is 1. The highest BCUT2D eigenvalue weighted by Crippen LogP contribution is 2.20. The van der Waals surface area contributed by atoms with Gasteiger partial charge in [-0.3, -0.25) is 9.69 Å². The number of carbonyl (C=O) groups excluding carboxylic acids is 1. The molecule has 2 aliphatic rings. The molecule has 0 aromatic rings. The van der Waals surface area contributed by atoms with Crippen LogP contribution >= 0.6 is 0 Å². The van der Waals surface area contributed by atoms with E-state index in [1.54, 1.807) is 0 Å². The van der Waals surface area contributed by atoms with Gasteiger partial charge in [0.1, 0.15) is 0 Å². The number of nitrogens with one attached hydrogen (secondary N) is 1. The quantitative estimate of drug-likeness (QED) is 0.714. The lowest BCUT2D eigenvalue weighted by Gasteiger charge is -2.33. The Labute approximate surface area is 85.8 Å². The van der Waals surface area contributed by atoms with Crippen LogP contribution in [0.1, 0.15) is 25.7 Å². The molecule has 2 aliphatic heterocycles. The highest BCUT2D eigenvalue weighted by atomic mass is 16.1. The molecule has 3 heteroatoms. The van der Waals surface area contributed by atoms with Crippen molar-refractivity contribution in [3.8, 4) is 0 Å². The third-order valence-electron chi connectivity index (χ3n) is 3.45. The molecular weight excluding hydrogens is 176 g/mol. The summed E-state index contributed by atoms with van der Waals surface area (Å²) in [4.78, 5) is 13.3. The minimum Gasteiger partial charge on any atom is -0.316 e. The summed E-state index contributed by atoms with van der Waals surface area (Å²) in [6.45, 7) is 4.25. The number of rotatable bonds is 3. The SMILES string of the molecule is O=[C]C(C1CCNC1)N1CCCCC1. The molecule has 3 nitrogen and oxygen atoms in total. The number of hydrogen-bond donors (Lipinski definition) is 1. The average molecular weight is 195 g/mol. The molecule has 2 saturated heterocycles. The number of hydrogen-bond acceptors (Lipinski definition) is 3. The summed E-state index contributed by atoms with van der Waals surface area (Å²) in [5, 5.41) is 3.32. The Kier molecular flexibility index (Phi) is 3.54. The molecule has 2 fully saturated rings. The number of nitrogens with zero attached hydrogens (tertiary/aromatic N) is 1. The molecular formula is C11H19N2O. The van der Waals surface area contributed by atoms with E-state index in [0.29, 0.717) is 5.92 Å². The van der Waals surface area contributed by atoms with Crippen LogP contribution in [0.25, 0.3) is 0 Å². The second-order valence-electron chi connectivity index (χ2n) is 4.41. The first kappa shape index (κ1) is 10.1. The maximum absolute atomic E-state index is 11.0. The molecule has 0 saturated carbocycles. The van der Waals surface area contributed by atoms with E-state index in [4.69, 9.17) is 0 Å². The van der Waals surface area contributed by atoms with Crippen LogP contribution in [-0.4, -0.2) is 43.4 Å². The lowest BCUT2D eigenvalue weighted by Crippen LogP contribution is -2.45. The van der Waals surface area contributed by atoms with E-state index in [-0.39, 0.29) is 6.04 Å².